The molecule has 0 saturated heterocycles. The highest BCUT2D eigenvalue weighted by molar-refractivity contribution is 7.14. The maximum atomic E-state index is 10.7. The fourth-order valence-corrected chi connectivity index (χ4v) is 1.86. The molecule has 0 spiro atoms. The van der Waals surface area contributed by atoms with E-state index in [9.17, 15) is 9.59 Å². The molecule has 0 fully saturated rings. The molecule has 0 aliphatic carbocycles. The van der Waals surface area contributed by atoms with Gasteiger partial charge in [0.2, 0.25) is 5.91 Å². The summed E-state index contributed by atoms with van der Waals surface area (Å²) in [4.78, 5) is 25.0. The van der Waals surface area contributed by atoms with Crippen molar-refractivity contribution in [2.24, 2.45) is 5.73 Å². The molecule has 0 aromatic carbocycles. The number of thiazole rings is 1. The van der Waals surface area contributed by atoms with E-state index >= 15 is 0 Å². The predicted molar refractivity (Wildman–Crippen MR) is 56.0 cm³/mol. The zero-order valence-corrected chi connectivity index (χ0v) is 8.87. The van der Waals surface area contributed by atoms with Crippen LogP contribution in [-0.2, 0) is 4.79 Å². The van der Waals surface area contributed by atoms with E-state index in [2.05, 4.69) is 10.3 Å². The molecular weight excluding hydrogens is 218 g/mol. The highest BCUT2D eigenvalue weighted by atomic mass is 32.1. The van der Waals surface area contributed by atoms with E-state index in [1.165, 1.54) is 16.8 Å². The average Bonchev–Trinajstić information content (AvgIpc) is 2.50. The van der Waals surface area contributed by atoms with Crippen LogP contribution in [-0.4, -0.2) is 28.0 Å². The van der Waals surface area contributed by atoms with Gasteiger partial charge in [0.15, 0.2) is 5.69 Å². The van der Waals surface area contributed by atoms with Gasteiger partial charge < -0.3 is 16.2 Å². The van der Waals surface area contributed by atoms with Crippen LogP contribution in [0.4, 0.5) is 5.00 Å². The Morgan fingerprint density at radius 1 is 1.73 bits per heavy atom. The van der Waals surface area contributed by atoms with Gasteiger partial charge in [-0.25, -0.2) is 9.78 Å². The lowest BCUT2D eigenvalue weighted by Gasteiger charge is -2.11. The minimum Gasteiger partial charge on any atom is -0.476 e. The van der Waals surface area contributed by atoms with E-state index in [-0.39, 0.29) is 18.2 Å². The van der Waals surface area contributed by atoms with Gasteiger partial charge in [-0.3, -0.25) is 4.79 Å². The Labute approximate surface area is 90.1 Å². The van der Waals surface area contributed by atoms with Gasteiger partial charge in [-0.1, -0.05) is 0 Å². The van der Waals surface area contributed by atoms with Gasteiger partial charge in [-0.05, 0) is 6.92 Å². The molecule has 0 aliphatic rings. The van der Waals surface area contributed by atoms with E-state index in [0.29, 0.717) is 5.00 Å². The first-order chi connectivity index (χ1) is 7.00. The van der Waals surface area contributed by atoms with Crippen molar-refractivity contribution in [1.29, 1.82) is 0 Å². The van der Waals surface area contributed by atoms with Crippen LogP contribution >= 0.6 is 11.3 Å². The minimum absolute atomic E-state index is 0.0312. The minimum atomic E-state index is -1.09. The van der Waals surface area contributed by atoms with Gasteiger partial charge in [0.1, 0.15) is 5.00 Å². The zero-order valence-electron chi connectivity index (χ0n) is 8.06. The van der Waals surface area contributed by atoms with E-state index in [0.717, 1.165) is 0 Å². The second-order valence-corrected chi connectivity index (χ2v) is 3.91. The number of amides is 1. The van der Waals surface area contributed by atoms with Gasteiger partial charge in [-0.2, -0.15) is 0 Å². The number of aromatic nitrogens is 1. The normalized spacial score (nSPS) is 12.1. The van der Waals surface area contributed by atoms with Crippen LogP contribution in [0.15, 0.2) is 5.51 Å². The number of carbonyl (C=O) groups excluding carboxylic acids is 1. The third-order valence-electron chi connectivity index (χ3n) is 1.65. The van der Waals surface area contributed by atoms with Crippen LogP contribution < -0.4 is 11.1 Å². The lowest BCUT2D eigenvalue weighted by Crippen LogP contribution is -2.24. The number of rotatable bonds is 5. The van der Waals surface area contributed by atoms with E-state index in [1.807, 2.05) is 0 Å². The Balaban J connectivity index is 2.67. The average molecular weight is 229 g/mol. The molecule has 1 aromatic heterocycles. The number of carbonyl (C=O) groups is 2. The monoisotopic (exact) mass is 229 g/mol. The first-order valence-electron chi connectivity index (χ1n) is 4.22. The second-order valence-electron chi connectivity index (χ2n) is 3.05. The standard InChI is InChI=1S/C8H11N3O3S/c1-4(2-5(9)12)11-7-6(8(13)14)10-3-15-7/h3-4,11H,2H2,1H3,(H2,9,12)(H,13,14). The first kappa shape index (κ1) is 11.4. The number of hydrogen-bond acceptors (Lipinski definition) is 5. The molecule has 6 nitrogen and oxygen atoms in total. The Morgan fingerprint density at radius 2 is 2.40 bits per heavy atom. The Bertz CT molecular complexity index is 377. The molecule has 0 aliphatic heterocycles. The SMILES string of the molecule is CC(CC(N)=O)Nc1scnc1C(=O)O. The highest BCUT2D eigenvalue weighted by Crippen LogP contribution is 2.21. The van der Waals surface area contributed by atoms with Crippen molar-refractivity contribution in [3.05, 3.63) is 11.2 Å². The summed E-state index contributed by atoms with van der Waals surface area (Å²) in [5, 5.41) is 12.1. The molecule has 1 unspecified atom stereocenters. The molecular formula is C8H11N3O3S. The molecule has 1 atom stereocenters. The summed E-state index contributed by atoms with van der Waals surface area (Å²) in [6.07, 6.45) is 0.150. The van der Waals surface area contributed by atoms with Crippen molar-refractivity contribution in [3.8, 4) is 0 Å². The molecule has 0 saturated carbocycles. The number of nitrogens with two attached hydrogens (primary N) is 1. The smallest absolute Gasteiger partial charge is 0.357 e. The summed E-state index contributed by atoms with van der Waals surface area (Å²) in [6, 6.07) is -0.207. The van der Waals surface area contributed by atoms with Crippen molar-refractivity contribution in [2.45, 2.75) is 19.4 Å². The number of nitrogens with zero attached hydrogens (tertiary/aromatic N) is 1. The molecule has 0 radical (unpaired) electrons. The zero-order chi connectivity index (χ0) is 11.4. The van der Waals surface area contributed by atoms with E-state index in [1.54, 1.807) is 6.92 Å². The summed E-state index contributed by atoms with van der Waals surface area (Å²) in [7, 11) is 0. The summed E-state index contributed by atoms with van der Waals surface area (Å²) in [5.74, 6) is -1.53. The molecule has 82 valence electrons. The van der Waals surface area contributed by atoms with Crippen LogP contribution in [0.25, 0.3) is 0 Å². The molecule has 1 amide bonds. The van der Waals surface area contributed by atoms with Crippen molar-refractivity contribution in [3.63, 3.8) is 0 Å². The Kier molecular flexibility index (Phi) is 3.62. The lowest BCUT2D eigenvalue weighted by atomic mass is 10.2. The van der Waals surface area contributed by atoms with Crippen LogP contribution in [0.2, 0.25) is 0 Å². The highest BCUT2D eigenvalue weighted by Gasteiger charge is 2.15. The number of carboxylic acids is 1. The number of carboxylic acid groups (broad SMARTS) is 1. The first-order valence-corrected chi connectivity index (χ1v) is 5.10. The fourth-order valence-electron chi connectivity index (χ4n) is 1.08. The van der Waals surface area contributed by atoms with Crippen molar-refractivity contribution in [1.82, 2.24) is 4.98 Å². The molecule has 0 bridgehead atoms. The van der Waals surface area contributed by atoms with Gasteiger partial charge in [-0.15, -0.1) is 11.3 Å². The number of hydrogen-bond donors (Lipinski definition) is 3. The number of primary amides is 1. The summed E-state index contributed by atoms with van der Waals surface area (Å²) in [5.41, 5.74) is 6.41. The van der Waals surface area contributed by atoms with Gasteiger partial charge >= 0.3 is 5.97 Å². The predicted octanol–water partition coefficient (Wildman–Crippen LogP) is 0.517. The number of nitrogens with one attached hydrogen (secondary N) is 1. The Morgan fingerprint density at radius 3 is 2.93 bits per heavy atom. The maximum Gasteiger partial charge on any atom is 0.357 e. The molecule has 4 N–H and O–H groups in total. The largest absolute Gasteiger partial charge is 0.476 e. The Hall–Kier alpha value is -1.63. The molecule has 7 heteroatoms. The topological polar surface area (TPSA) is 105 Å². The van der Waals surface area contributed by atoms with E-state index in [4.69, 9.17) is 10.8 Å². The summed E-state index contributed by atoms with van der Waals surface area (Å²) < 4.78 is 0. The van der Waals surface area contributed by atoms with Crippen molar-refractivity contribution >= 4 is 28.2 Å². The molecule has 15 heavy (non-hydrogen) atoms. The number of anilines is 1. The van der Waals surface area contributed by atoms with Crippen molar-refractivity contribution < 1.29 is 14.7 Å². The van der Waals surface area contributed by atoms with E-state index < -0.39 is 11.9 Å². The molecule has 1 rings (SSSR count). The summed E-state index contributed by atoms with van der Waals surface area (Å²) in [6.45, 7) is 1.75. The lowest BCUT2D eigenvalue weighted by molar-refractivity contribution is -0.118. The van der Waals surface area contributed by atoms with Crippen LogP contribution in [0, 0.1) is 0 Å². The maximum absolute atomic E-state index is 10.7. The third-order valence-corrected chi connectivity index (χ3v) is 2.41. The summed E-state index contributed by atoms with van der Waals surface area (Å²) >= 11 is 1.18. The van der Waals surface area contributed by atoms with Gasteiger partial charge in [0, 0.05) is 12.5 Å². The van der Waals surface area contributed by atoms with Crippen molar-refractivity contribution in [2.75, 3.05) is 5.32 Å². The number of aromatic carboxylic acids is 1. The molecule has 1 aromatic rings. The van der Waals surface area contributed by atoms with Crippen LogP contribution in [0.5, 0.6) is 0 Å². The second kappa shape index (κ2) is 4.74. The third kappa shape index (κ3) is 3.21. The molecule has 1 heterocycles. The van der Waals surface area contributed by atoms with Crippen LogP contribution in [0.3, 0.4) is 0 Å². The van der Waals surface area contributed by atoms with Crippen LogP contribution in [0.1, 0.15) is 23.8 Å². The quantitative estimate of drug-likeness (QED) is 0.682. The van der Waals surface area contributed by atoms with Gasteiger partial charge in [0.25, 0.3) is 0 Å². The fraction of sp³-hybridized carbons (Fsp3) is 0.375. The van der Waals surface area contributed by atoms with Gasteiger partial charge in [0.05, 0.1) is 5.51 Å².